The third kappa shape index (κ3) is 4.42. The Morgan fingerprint density at radius 1 is 1.42 bits per heavy atom. The van der Waals surface area contributed by atoms with Gasteiger partial charge in [0.1, 0.15) is 18.5 Å². The average molecular weight is 265 g/mol. The number of benzene rings is 1. The van der Waals surface area contributed by atoms with Crippen LogP contribution in [0.1, 0.15) is 0 Å². The highest BCUT2D eigenvalue weighted by Gasteiger charge is 2.19. The van der Waals surface area contributed by atoms with Gasteiger partial charge in [-0.1, -0.05) is 0 Å². The van der Waals surface area contributed by atoms with Gasteiger partial charge in [-0.15, -0.1) is 0 Å². The molecule has 1 atom stereocenters. The molecule has 104 valence electrons. The molecule has 1 aromatic carbocycles. The maximum Gasteiger partial charge on any atom is 0.234 e. The van der Waals surface area contributed by atoms with Crippen LogP contribution in [0.4, 0.5) is 5.69 Å². The number of aliphatic hydroxyl groups is 1. The van der Waals surface area contributed by atoms with Crippen molar-refractivity contribution in [2.24, 2.45) is 0 Å². The average Bonchev–Trinajstić information content (AvgIpc) is 2.38. The van der Waals surface area contributed by atoms with Crippen molar-refractivity contribution in [2.75, 3.05) is 38.5 Å². The number of hydrogen-bond acceptors (Lipinski definition) is 5. The minimum atomic E-state index is -0.622. The van der Waals surface area contributed by atoms with Crippen molar-refractivity contribution in [1.29, 1.82) is 0 Å². The van der Waals surface area contributed by atoms with E-state index in [4.69, 9.17) is 10.5 Å². The van der Waals surface area contributed by atoms with E-state index in [9.17, 15) is 9.90 Å². The van der Waals surface area contributed by atoms with Crippen LogP contribution in [0, 0.1) is 0 Å². The highest BCUT2D eigenvalue weighted by Crippen LogP contribution is 2.13. The van der Waals surface area contributed by atoms with Gasteiger partial charge in [-0.25, -0.2) is 0 Å². The molecule has 1 aliphatic heterocycles. The lowest BCUT2D eigenvalue weighted by Crippen LogP contribution is -2.50. The van der Waals surface area contributed by atoms with Gasteiger partial charge in [0.05, 0.1) is 6.54 Å². The minimum Gasteiger partial charge on any atom is -0.491 e. The predicted octanol–water partition coefficient (Wildman–Crippen LogP) is -0.560. The molecule has 1 saturated heterocycles. The summed E-state index contributed by atoms with van der Waals surface area (Å²) in [5.74, 6) is 0.669. The summed E-state index contributed by atoms with van der Waals surface area (Å²) < 4.78 is 5.46. The van der Waals surface area contributed by atoms with Gasteiger partial charge in [0.25, 0.3) is 0 Å². The molecule has 4 N–H and O–H groups in total. The first-order valence-electron chi connectivity index (χ1n) is 6.29. The SMILES string of the molecule is Nc1ccc(OCC(O)CN2CCNC(=O)C2)cc1. The molecule has 0 radical (unpaired) electrons. The molecular formula is C13H19N3O3. The largest absolute Gasteiger partial charge is 0.491 e. The monoisotopic (exact) mass is 265 g/mol. The summed E-state index contributed by atoms with van der Waals surface area (Å²) >= 11 is 0. The molecule has 1 unspecified atom stereocenters. The summed E-state index contributed by atoms with van der Waals surface area (Å²) in [7, 11) is 0. The van der Waals surface area contributed by atoms with Gasteiger partial charge in [0.2, 0.25) is 5.91 Å². The Labute approximate surface area is 112 Å². The number of hydrogen-bond donors (Lipinski definition) is 3. The smallest absolute Gasteiger partial charge is 0.234 e. The maximum atomic E-state index is 11.2. The lowest BCUT2D eigenvalue weighted by atomic mass is 10.3. The normalized spacial score (nSPS) is 17.8. The van der Waals surface area contributed by atoms with Crippen LogP contribution in [0.3, 0.4) is 0 Å². The molecule has 2 rings (SSSR count). The van der Waals surface area contributed by atoms with Crippen molar-refractivity contribution in [3.8, 4) is 5.75 Å². The lowest BCUT2D eigenvalue weighted by Gasteiger charge is -2.28. The molecule has 1 aliphatic rings. The number of carbonyl (C=O) groups excluding carboxylic acids is 1. The van der Waals surface area contributed by atoms with E-state index in [1.54, 1.807) is 24.3 Å². The predicted molar refractivity (Wildman–Crippen MR) is 71.8 cm³/mol. The van der Waals surface area contributed by atoms with Gasteiger partial charge >= 0.3 is 0 Å². The second-order valence-electron chi connectivity index (χ2n) is 4.62. The van der Waals surface area contributed by atoms with Crippen LogP contribution in [-0.4, -0.2) is 54.8 Å². The van der Waals surface area contributed by atoms with Crippen LogP contribution in [0.25, 0.3) is 0 Å². The summed E-state index contributed by atoms with van der Waals surface area (Å²) in [5, 5.41) is 12.6. The number of carbonyl (C=O) groups is 1. The van der Waals surface area contributed by atoms with Gasteiger partial charge in [0.15, 0.2) is 0 Å². The van der Waals surface area contributed by atoms with Crippen molar-refractivity contribution in [2.45, 2.75) is 6.10 Å². The van der Waals surface area contributed by atoms with Gasteiger partial charge in [-0.3, -0.25) is 9.69 Å². The number of aliphatic hydroxyl groups excluding tert-OH is 1. The van der Waals surface area contributed by atoms with Gasteiger partial charge in [-0.05, 0) is 24.3 Å². The molecule has 0 bridgehead atoms. The first-order chi connectivity index (χ1) is 9.13. The standard InChI is InChI=1S/C13H19N3O3/c14-10-1-3-12(4-2-10)19-9-11(17)7-16-6-5-15-13(18)8-16/h1-4,11,17H,5-9,14H2,(H,15,18). The fraction of sp³-hybridized carbons (Fsp3) is 0.462. The molecule has 0 saturated carbocycles. The zero-order chi connectivity index (χ0) is 13.7. The number of β-amino-alcohol motifs (C(OH)–C–C–N with tert-alkyl or cyclic N) is 1. The Kier molecular flexibility index (Phi) is 4.59. The van der Waals surface area contributed by atoms with Crippen molar-refractivity contribution in [3.05, 3.63) is 24.3 Å². The van der Waals surface area contributed by atoms with Gasteiger partial charge in [0, 0.05) is 25.3 Å². The molecule has 0 aliphatic carbocycles. The minimum absolute atomic E-state index is 0.00194. The molecule has 1 aromatic rings. The molecule has 1 fully saturated rings. The number of nitrogens with two attached hydrogens (primary N) is 1. The van der Waals surface area contributed by atoms with E-state index < -0.39 is 6.10 Å². The number of amides is 1. The number of anilines is 1. The van der Waals surface area contributed by atoms with Crippen LogP contribution < -0.4 is 15.8 Å². The Hall–Kier alpha value is -1.79. The number of nitrogens with one attached hydrogen (secondary N) is 1. The Morgan fingerprint density at radius 2 is 2.16 bits per heavy atom. The van der Waals surface area contributed by atoms with E-state index in [1.807, 2.05) is 4.90 Å². The number of rotatable bonds is 5. The van der Waals surface area contributed by atoms with E-state index in [0.717, 1.165) is 6.54 Å². The van der Waals surface area contributed by atoms with E-state index in [-0.39, 0.29) is 12.5 Å². The number of ether oxygens (including phenoxy) is 1. The van der Waals surface area contributed by atoms with E-state index in [2.05, 4.69) is 5.32 Å². The number of nitrogen functional groups attached to an aromatic ring is 1. The molecular weight excluding hydrogens is 246 g/mol. The summed E-state index contributed by atoms with van der Waals surface area (Å²) in [4.78, 5) is 13.1. The maximum absolute atomic E-state index is 11.2. The van der Waals surface area contributed by atoms with Crippen molar-refractivity contribution in [3.63, 3.8) is 0 Å². The van der Waals surface area contributed by atoms with E-state index >= 15 is 0 Å². The summed E-state index contributed by atoms with van der Waals surface area (Å²) in [5.41, 5.74) is 6.24. The topological polar surface area (TPSA) is 87.8 Å². The molecule has 19 heavy (non-hydrogen) atoms. The van der Waals surface area contributed by atoms with E-state index in [0.29, 0.717) is 31.1 Å². The first-order valence-corrected chi connectivity index (χ1v) is 6.29. The molecule has 1 amide bonds. The molecule has 6 nitrogen and oxygen atoms in total. The second-order valence-corrected chi connectivity index (χ2v) is 4.62. The fourth-order valence-corrected chi connectivity index (χ4v) is 1.95. The highest BCUT2D eigenvalue weighted by atomic mass is 16.5. The Bertz CT molecular complexity index is 422. The summed E-state index contributed by atoms with van der Waals surface area (Å²) in [6, 6.07) is 7.01. The zero-order valence-electron chi connectivity index (χ0n) is 10.7. The van der Waals surface area contributed by atoms with Crippen LogP contribution in [0.2, 0.25) is 0 Å². The number of nitrogens with zero attached hydrogens (tertiary/aromatic N) is 1. The second kappa shape index (κ2) is 6.40. The number of piperazine rings is 1. The van der Waals surface area contributed by atoms with Gasteiger partial charge < -0.3 is 20.9 Å². The zero-order valence-corrected chi connectivity index (χ0v) is 10.7. The van der Waals surface area contributed by atoms with Crippen LogP contribution >= 0.6 is 0 Å². The Balaban J connectivity index is 1.73. The molecule has 0 spiro atoms. The van der Waals surface area contributed by atoms with Crippen molar-refractivity contribution in [1.82, 2.24) is 10.2 Å². The fourth-order valence-electron chi connectivity index (χ4n) is 1.95. The van der Waals surface area contributed by atoms with E-state index in [1.165, 1.54) is 0 Å². The van der Waals surface area contributed by atoms with Crippen LogP contribution in [0.15, 0.2) is 24.3 Å². The van der Waals surface area contributed by atoms with Crippen molar-refractivity contribution < 1.29 is 14.6 Å². The van der Waals surface area contributed by atoms with Crippen LogP contribution in [-0.2, 0) is 4.79 Å². The molecule has 6 heteroatoms. The van der Waals surface area contributed by atoms with Crippen LogP contribution in [0.5, 0.6) is 5.75 Å². The third-order valence-electron chi connectivity index (χ3n) is 2.91. The quantitative estimate of drug-likeness (QED) is 0.621. The Morgan fingerprint density at radius 3 is 2.84 bits per heavy atom. The molecule has 1 heterocycles. The third-order valence-corrected chi connectivity index (χ3v) is 2.91. The summed E-state index contributed by atoms with van der Waals surface area (Å²) in [6.45, 7) is 2.35. The van der Waals surface area contributed by atoms with Gasteiger partial charge in [-0.2, -0.15) is 0 Å². The molecule has 0 aromatic heterocycles. The lowest BCUT2D eigenvalue weighted by molar-refractivity contribution is -0.124. The summed E-state index contributed by atoms with van der Waals surface area (Å²) in [6.07, 6.45) is -0.622. The first kappa shape index (κ1) is 13.6. The van der Waals surface area contributed by atoms with Crippen molar-refractivity contribution >= 4 is 11.6 Å². The highest BCUT2D eigenvalue weighted by molar-refractivity contribution is 5.78.